The number of furan rings is 1. The number of aryl methyl sites for hydroxylation is 1. The Hall–Kier alpha value is -2.34. The quantitative estimate of drug-likeness (QED) is 0.668. The molecule has 2 aromatic rings. The molecule has 2 N–H and O–H groups in total. The SMILES string of the molecule is Cc1ccc(CN(Cc2ccco2)C(=S)NCC(=O)NC2CCC(C)CC2)cc1. The fourth-order valence-corrected chi connectivity index (χ4v) is 3.86. The first kappa shape index (κ1) is 21.4. The molecule has 0 aliphatic heterocycles. The van der Waals surface area contributed by atoms with Crippen molar-refractivity contribution in [2.75, 3.05) is 6.54 Å². The molecule has 0 saturated heterocycles. The third-order valence-electron chi connectivity index (χ3n) is 5.49. The Labute approximate surface area is 178 Å². The molecular formula is C23H31N3O2S. The van der Waals surface area contributed by atoms with Crippen LogP contribution in [0.25, 0.3) is 0 Å². The summed E-state index contributed by atoms with van der Waals surface area (Å²) in [6.07, 6.45) is 6.16. The predicted octanol–water partition coefficient (Wildman–Crippen LogP) is 4.16. The number of carbonyl (C=O) groups is 1. The van der Waals surface area contributed by atoms with Gasteiger partial charge in [0.25, 0.3) is 0 Å². The van der Waals surface area contributed by atoms with Gasteiger partial charge < -0.3 is 20.0 Å². The minimum Gasteiger partial charge on any atom is -0.467 e. The van der Waals surface area contributed by atoms with Crippen LogP contribution in [-0.2, 0) is 17.9 Å². The molecule has 0 atom stereocenters. The maximum atomic E-state index is 12.4. The second kappa shape index (κ2) is 10.4. The van der Waals surface area contributed by atoms with E-state index in [4.69, 9.17) is 16.6 Å². The highest BCUT2D eigenvalue weighted by Crippen LogP contribution is 2.23. The lowest BCUT2D eigenvalue weighted by molar-refractivity contribution is -0.121. The van der Waals surface area contributed by atoms with E-state index in [-0.39, 0.29) is 12.5 Å². The fourth-order valence-electron chi connectivity index (χ4n) is 3.65. The molecule has 3 rings (SSSR count). The first-order chi connectivity index (χ1) is 14.0. The average molecular weight is 414 g/mol. The molecular weight excluding hydrogens is 382 g/mol. The monoisotopic (exact) mass is 413 g/mol. The Morgan fingerprint density at radius 3 is 2.52 bits per heavy atom. The third-order valence-corrected chi connectivity index (χ3v) is 5.89. The molecule has 0 bridgehead atoms. The van der Waals surface area contributed by atoms with Crippen LogP contribution >= 0.6 is 12.2 Å². The summed E-state index contributed by atoms with van der Waals surface area (Å²) in [6, 6.07) is 12.5. The first-order valence-electron chi connectivity index (χ1n) is 10.4. The number of hydrogen-bond donors (Lipinski definition) is 2. The molecule has 1 aromatic carbocycles. The van der Waals surface area contributed by atoms with Gasteiger partial charge in [0.2, 0.25) is 5.91 Å². The lowest BCUT2D eigenvalue weighted by Gasteiger charge is -2.28. The van der Waals surface area contributed by atoms with Gasteiger partial charge in [0.05, 0.1) is 19.4 Å². The molecule has 0 spiro atoms. The minimum atomic E-state index is 0.000174. The zero-order valence-electron chi connectivity index (χ0n) is 17.3. The Morgan fingerprint density at radius 1 is 1.14 bits per heavy atom. The van der Waals surface area contributed by atoms with Gasteiger partial charge in [-0.25, -0.2) is 0 Å². The lowest BCUT2D eigenvalue weighted by atomic mass is 9.87. The second-order valence-corrected chi connectivity index (χ2v) is 8.49. The van der Waals surface area contributed by atoms with E-state index < -0.39 is 0 Å². The number of carbonyl (C=O) groups excluding carboxylic acids is 1. The van der Waals surface area contributed by atoms with E-state index in [0.29, 0.717) is 24.2 Å². The molecule has 1 aromatic heterocycles. The van der Waals surface area contributed by atoms with Crippen molar-refractivity contribution < 1.29 is 9.21 Å². The molecule has 1 heterocycles. The van der Waals surface area contributed by atoms with E-state index in [1.807, 2.05) is 17.0 Å². The maximum absolute atomic E-state index is 12.4. The van der Waals surface area contributed by atoms with Gasteiger partial charge >= 0.3 is 0 Å². The molecule has 5 nitrogen and oxygen atoms in total. The summed E-state index contributed by atoms with van der Waals surface area (Å²) < 4.78 is 5.50. The number of nitrogens with one attached hydrogen (secondary N) is 2. The zero-order chi connectivity index (χ0) is 20.6. The summed E-state index contributed by atoms with van der Waals surface area (Å²) in [6.45, 7) is 5.74. The third kappa shape index (κ3) is 6.89. The van der Waals surface area contributed by atoms with Crippen molar-refractivity contribution in [1.29, 1.82) is 0 Å². The van der Waals surface area contributed by atoms with Gasteiger partial charge in [-0.3, -0.25) is 4.79 Å². The van der Waals surface area contributed by atoms with Crippen molar-refractivity contribution in [2.24, 2.45) is 5.92 Å². The highest BCUT2D eigenvalue weighted by Gasteiger charge is 2.20. The van der Waals surface area contributed by atoms with E-state index in [1.54, 1.807) is 6.26 Å². The van der Waals surface area contributed by atoms with Crippen molar-refractivity contribution in [3.05, 3.63) is 59.5 Å². The fraction of sp³-hybridized carbons (Fsp3) is 0.478. The topological polar surface area (TPSA) is 57.5 Å². The van der Waals surface area contributed by atoms with Crippen molar-refractivity contribution in [2.45, 2.75) is 58.7 Å². The molecule has 1 fully saturated rings. The van der Waals surface area contributed by atoms with Gasteiger partial charge in [-0.05, 0) is 68.4 Å². The Morgan fingerprint density at radius 2 is 1.86 bits per heavy atom. The second-order valence-electron chi connectivity index (χ2n) is 8.10. The minimum absolute atomic E-state index is 0.000174. The van der Waals surface area contributed by atoms with E-state index in [9.17, 15) is 4.79 Å². The summed E-state index contributed by atoms with van der Waals surface area (Å²) in [4.78, 5) is 14.4. The maximum Gasteiger partial charge on any atom is 0.239 e. The molecule has 156 valence electrons. The van der Waals surface area contributed by atoms with Crippen LogP contribution in [0.1, 0.15) is 49.5 Å². The Balaban J connectivity index is 1.54. The Bertz CT molecular complexity index is 781. The summed E-state index contributed by atoms with van der Waals surface area (Å²) in [5.41, 5.74) is 2.38. The normalized spacial score (nSPS) is 18.8. The van der Waals surface area contributed by atoms with Crippen LogP contribution in [0.15, 0.2) is 47.1 Å². The molecule has 1 aliphatic carbocycles. The predicted molar refractivity (Wildman–Crippen MR) is 119 cm³/mol. The Kier molecular flexibility index (Phi) is 7.69. The summed E-state index contributed by atoms with van der Waals surface area (Å²) in [5, 5.41) is 6.82. The largest absolute Gasteiger partial charge is 0.467 e. The van der Waals surface area contributed by atoms with Crippen LogP contribution in [0.2, 0.25) is 0 Å². The van der Waals surface area contributed by atoms with Crippen molar-refractivity contribution in [3.63, 3.8) is 0 Å². The summed E-state index contributed by atoms with van der Waals surface area (Å²) in [7, 11) is 0. The van der Waals surface area contributed by atoms with Gasteiger partial charge in [0.1, 0.15) is 5.76 Å². The van der Waals surface area contributed by atoms with E-state index in [0.717, 1.165) is 30.1 Å². The number of amides is 1. The van der Waals surface area contributed by atoms with Crippen LogP contribution in [0.5, 0.6) is 0 Å². The molecule has 6 heteroatoms. The van der Waals surface area contributed by atoms with E-state index in [1.165, 1.54) is 18.4 Å². The zero-order valence-corrected chi connectivity index (χ0v) is 18.1. The van der Waals surface area contributed by atoms with E-state index in [2.05, 4.69) is 48.7 Å². The molecule has 1 aliphatic rings. The summed E-state index contributed by atoms with van der Waals surface area (Å²) >= 11 is 5.60. The van der Waals surface area contributed by atoms with Gasteiger partial charge in [0, 0.05) is 12.6 Å². The first-order valence-corrected chi connectivity index (χ1v) is 10.8. The molecule has 0 radical (unpaired) electrons. The van der Waals surface area contributed by atoms with Gasteiger partial charge in [0.15, 0.2) is 5.11 Å². The van der Waals surface area contributed by atoms with Crippen LogP contribution in [0, 0.1) is 12.8 Å². The molecule has 0 unspecified atom stereocenters. The van der Waals surface area contributed by atoms with Crippen LogP contribution in [0.4, 0.5) is 0 Å². The van der Waals surface area contributed by atoms with Crippen LogP contribution in [-0.4, -0.2) is 28.5 Å². The highest BCUT2D eigenvalue weighted by atomic mass is 32.1. The highest BCUT2D eigenvalue weighted by molar-refractivity contribution is 7.80. The van der Waals surface area contributed by atoms with Crippen LogP contribution < -0.4 is 10.6 Å². The number of hydrogen-bond acceptors (Lipinski definition) is 3. The van der Waals surface area contributed by atoms with Crippen molar-refractivity contribution in [3.8, 4) is 0 Å². The molecule has 29 heavy (non-hydrogen) atoms. The van der Waals surface area contributed by atoms with Gasteiger partial charge in [-0.15, -0.1) is 0 Å². The number of rotatable bonds is 7. The van der Waals surface area contributed by atoms with Gasteiger partial charge in [-0.1, -0.05) is 36.8 Å². The molecule has 1 amide bonds. The van der Waals surface area contributed by atoms with Gasteiger partial charge in [-0.2, -0.15) is 0 Å². The summed E-state index contributed by atoms with van der Waals surface area (Å²) in [5.74, 6) is 1.60. The lowest BCUT2D eigenvalue weighted by Crippen LogP contribution is -2.46. The van der Waals surface area contributed by atoms with Crippen molar-refractivity contribution >= 4 is 23.2 Å². The van der Waals surface area contributed by atoms with E-state index >= 15 is 0 Å². The smallest absolute Gasteiger partial charge is 0.239 e. The van der Waals surface area contributed by atoms with Crippen LogP contribution in [0.3, 0.4) is 0 Å². The molecule has 1 saturated carbocycles. The number of thiocarbonyl (C=S) groups is 1. The average Bonchev–Trinajstić information content (AvgIpc) is 3.22. The number of nitrogens with zero attached hydrogens (tertiary/aromatic N) is 1. The standard InChI is InChI=1S/C23H31N3O2S/c1-17-5-9-19(10-6-17)15-26(16-21-4-3-13-28-21)23(29)24-14-22(27)25-20-11-7-18(2)8-12-20/h3-6,9-10,13,18,20H,7-8,11-12,14-16H2,1-2H3,(H,24,29)(H,25,27). The van der Waals surface area contributed by atoms with Crippen molar-refractivity contribution in [1.82, 2.24) is 15.5 Å². The number of benzene rings is 1.